The molecule has 15 heavy (non-hydrogen) atoms. The summed E-state index contributed by atoms with van der Waals surface area (Å²) in [6.45, 7) is 1.69. The SMILES string of the molecule is CC(C[C@H](N)Cc1ccccc1)C(=O)O. The van der Waals surface area contributed by atoms with Crippen LogP contribution >= 0.6 is 0 Å². The summed E-state index contributed by atoms with van der Waals surface area (Å²) in [4.78, 5) is 10.6. The highest BCUT2D eigenvalue weighted by Crippen LogP contribution is 2.09. The van der Waals surface area contributed by atoms with Crippen molar-refractivity contribution in [2.24, 2.45) is 11.7 Å². The second kappa shape index (κ2) is 5.51. The van der Waals surface area contributed by atoms with Crippen LogP contribution in [0.4, 0.5) is 0 Å². The number of benzene rings is 1. The van der Waals surface area contributed by atoms with Gasteiger partial charge in [-0.25, -0.2) is 0 Å². The number of carboxylic acid groups (broad SMARTS) is 1. The number of nitrogens with two attached hydrogens (primary N) is 1. The smallest absolute Gasteiger partial charge is 0.306 e. The Hall–Kier alpha value is -1.35. The molecule has 1 unspecified atom stereocenters. The molecule has 0 aliphatic rings. The third-order valence-corrected chi connectivity index (χ3v) is 2.42. The lowest BCUT2D eigenvalue weighted by Crippen LogP contribution is -2.28. The molecule has 0 heterocycles. The van der Waals surface area contributed by atoms with Crippen LogP contribution < -0.4 is 5.73 Å². The summed E-state index contributed by atoms with van der Waals surface area (Å²) < 4.78 is 0. The normalized spacial score (nSPS) is 14.5. The molecule has 0 amide bonds. The molecule has 1 aromatic rings. The van der Waals surface area contributed by atoms with Crippen LogP contribution in [0.1, 0.15) is 18.9 Å². The van der Waals surface area contributed by atoms with E-state index in [-0.39, 0.29) is 12.0 Å². The van der Waals surface area contributed by atoms with Crippen molar-refractivity contribution < 1.29 is 9.90 Å². The van der Waals surface area contributed by atoms with Crippen molar-refractivity contribution in [3.05, 3.63) is 35.9 Å². The first kappa shape index (κ1) is 11.7. The summed E-state index contributed by atoms with van der Waals surface area (Å²) in [7, 11) is 0. The van der Waals surface area contributed by atoms with Gasteiger partial charge >= 0.3 is 5.97 Å². The topological polar surface area (TPSA) is 63.3 Å². The van der Waals surface area contributed by atoms with Crippen LogP contribution in [0.3, 0.4) is 0 Å². The summed E-state index contributed by atoms with van der Waals surface area (Å²) in [6.07, 6.45) is 1.25. The molecule has 0 aliphatic carbocycles. The molecule has 1 aromatic carbocycles. The molecule has 3 nitrogen and oxygen atoms in total. The van der Waals surface area contributed by atoms with E-state index in [1.54, 1.807) is 6.92 Å². The standard InChI is InChI=1S/C12H17NO2/c1-9(12(14)15)7-11(13)8-10-5-3-2-4-6-10/h2-6,9,11H,7-8,13H2,1H3,(H,14,15)/t9?,11-/m0/s1. The Morgan fingerprint density at radius 1 is 1.40 bits per heavy atom. The molecule has 0 aromatic heterocycles. The zero-order valence-corrected chi connectivity index (χ0v) is 8.89. The zero-order chi connectivity index (χ0) is 11.3. The van der Waals surface area contributed by atoms with E-state index in [1.807, 2.05) is 30.3 Å². The highest BCUT2D eigenvalue weighted by atomic mass is 16.4. The maximum Gasteiger partial charge on any atom is 0.306 e. The second-order valence-corrected chi connectivity index (χ2v) is 3.92. The van der Waals surface area contributed by atoms with Crippen molar-refractivity contribution in [1.29, 1.82) is 0 Å². The number of carbonyl (C=O) groups is 1. The molecule has 0 radical (unpaired) electrons. The summed E-state index contributed by atoms with van der Waals surface area (Å²) >= 11 is 0. The van der Waals surface area contributed by atoms with Crippen molar-refractivity contribution in [1.82, 2.24) is 0 Å². The van der Waals surface area contributed by atoms with Gasteiger partial charge in [0.1, 0.15) is 0 Å². The van der Waals surface area contributed by atoms with E-state index in [0.717, 1.165) is 12.0 Å². The molecular weight excluding hydrogens is 190 g/mol. The van der Waals surface area contributed by atoms with Crippen molar-refractivity contribution in [3.8, 4) is 0 Å². The summed E-state index contributed by atoms with van der Waals surface area (Å²) in [5.41, 5.74) is 7.04. The third kappa shape index (κ3) is 4.13. The van der Waals surface area contributed by atoms with Crippen LogP contribution in [-0.2, 0) is 11.2 Å². The number of rotatable bonds is 5. The van der Waals surface area contributed by atoms with Crippen LogP contribution in [0.25, 0.3) is 0 Å². The first-order valence-corrected chi connectivity index (χ1v) is 5.12. The number of hydrogen-bond acceptors (Lipinski definition) is 2. The fourth-order valence-electron chi connectivity index (χ4n) is 1.56. The van der Waals surface area contributed by atoms with Gasteiger partial charge in [0.15, 0.2) is 0 Å². The molecule has 2 atom stereocenters. The molecule has 0 bridgehead atoms. The molecule has 0 spiro atoms. The minimum Gasteiger partial charge on any atom is -0.481 e. The number of hydrogen-bond donors (Lipinski definition) is 2. The lowest BCUT2D eigenvalue weighted by Gasteiger charge is -2.14. The average molecular weight is 207 g/mol. The zero-order valence-electron chi connectivity index (χ0n) is 8.89. The molecule has 3 heteroatoms. The van der Waals surface area contributed by atoms with Gasteiger partial charge in [0, 0.05) is 6.04 Å². The predicted octanol–water partition coefficient (Wildman–Crippen LogP) is 1.67. The lowest BCUT2D eigenvalue weighted by atomic mass is 9.97. The predicted molar refractivity (Wildman–Crippen MR) is 59.5 cm³/mol. The average Bonchev–Trinajstić information content (AvgIpc) is 2.18. The Kier molecular flexibility index (Phi) is 4.31. The minimum atomic E-state index is -0.779. The monoisotopic (exact) mass is 207 g/mol. The maximum absolute atomic E-state index is 10.6. The maximum atomic E-state index is 10.6. The Bertz CT molecular complexity index is 311. The molecule has 0 fully saturated rings. The van der Waals surface area contributed by atoms with Crippen molar-refractivity contribution in [2.45, 2.75) is 25.8 Å². The lowest BCUT2D eigenvalue weighted by molar-refractivity contribution is -0.141. The van der Waals surface area contributed by atoms with E-state index in [9.17, 15) is 4.79 Å². The van der Waals surface area contributed by atoms with E-state index in [2.05, 4.69) is 0 Å². The first-order chi connectivity index (χ1) is 7.09. The third-order valence-electron chi connectivity index (χ3n) is 2.42. The van der Waals surface area contributed by atoms with Crippen LogP contribution in [-0.4, -0.2) is 17.1 Å². The van der Waals surface area contributed by atoms with Gasteiger partial charge in [-0.2, -0.15) is 0 Å². The Balaban J connectivity index is 2.43. The first-order valence-electron chi connectivity index (χ1n) is 5.12. The fraction of sp³-hybridized carbons (Fsp3) is 0.417. The largest absolute Gasteiger partial charge is 0.481 e. The minimum absolute atomic E-state index is 0.0847. The van der Waals surface area contributed by atoms with Crippen LogP contribution in [0, 0.1) is 5.92 Å². The molecule has 0 aliphatic heterocycles. The summed E-state index contributed by atoms with van der Waals surface area (Å²) in [5.74, 6) is -1.15. The van der Waals surface area contributed by atoms with Gasteiger partial charge in [-0.15, -0.1) is 0 Å². The Morgan fingerprint density at radius 2 is 2.00 bits per heavy atom. The van der Waals surface area contributed by atoms with E-state index >= 15 is 0 Å². The van der Waals surface area contributed by atoms with Gasteiger partial charge in [0.05, 0.1) is 5.92 Å². The Labute approximate surface area is 89.9 Å². The molecule has 0 saturated carbocycles. The number of carboxylic acids is 1. The van der Waals surface area contributed by atoms with E-state index in [0.29, 0.717) is 6.42 Å². The highest BCUT2D eigenvalue weighted by molar-refractivity contribution is 5.69. The van der Waals surface area contributed by atoms with Crippen LogP contribution in [0.2, 0.25) is 0 Å². The fourth-order valence-corrected chi connectivity index (χ4v) is 1.56. The van der Waals surface area contributed by atoms with E-state index < -0.39 is 5.97 Å². The van der Waals surface area contributed by atoms with Crippen molar-refractivity contribution in [3.63, 3.8) is 0 Å². The van der Waals surface area contributed by atoms with Gasteiger partial charge in [-0.05, 0) is 18.4 Å². The van der Waals surface area contributed by atoms with Gasteiger partial charge in [-0.1, -0.05) is 37.3 Å². The highest BCUT2D eigenvalue weighted by Gasteiger charge is 2.15. The van der Waals surface area contributed by atoms with Gasteiger partial charge in [0.2, 0.25) is 0 Å². The van der Waals surface area contributed by atoms with Gasteiger partial charge < -0.3 is 10.8 Å². The van der Waals surface area contributed by atoms with E-state index in [1.165, 1.54) is 0 Å². The number of aliphatic carboxylic acids is 1. The van der Waals surface area contributed by atoms with Gasteiger partial charge in [-0.3, -0.25) is 4.79 Å². The van der Waals surface area contributed by atoms with Crippen LogP contribution in [0.5, 0.6) is 0 Å². The van der Waals surface area contributed by atoms with Crippen LogP contribution in [0.15, 0.2) is 30.3 Å². The molecule has 3 N–H and O–H groups in total. The molecule has 82 valence electrons. The summed E-state index contributed by atoms with van der Waals surface area (Å²) in [6, 6.07) is 9.80. The molecular formula is C12H17NO2. The molecule has 1 rings (SSSR count). The van der Waals surface area contributed by atoms with Crippen molar-refractivity contribution in [2.75, 3.05) is 0 Å². The van der Waals surface area contributed by atoms with Gasteiger partial charge in [0.25, 0.3) is 0 Å². The van der Waals surface area contributed by atoms with E-state index in [4.69, 9.17) is 10.8 Å². The van der Waals surface area contributed by atoms with Crippen molar-refractivity contribution >= 4 is 5.97 Å². The molecule has 0 saturated heterocycles. The Morgan fingerprint density at radius 3 is 2.53 bits per heavy atom. The quantitative estimate of drug-likeness (QED) is 0.772. The summed E-state index contributed by atoms with van der Waals surface area (Å²) in [5, 5.41) is 8.74. The second-order valence-electron chi connectivity index (χ2n) is 3.92.